The highest BCUT2D eigenvalue weighted by atomic mass is 19.1. The van der Waals surface area contributed by atoms with E-state index in [0.29, 0.717) is 63.1 Å². The number of amides is 1. The van der Waals surface area contributed by atoms with Gasteiger partial charge in [-0.2, -0.15) is 0 Å². The Morgan fingerprint density at radius 2 is 1.86 bits per heavy atom. The number of ether oxygens (including phenoxy) is 1. The van der Waals surface area contributed by atoms with E-state index in [1.165, 1.54) is 6.07 Å². The van der Waals surface area contributed by atoms with Crippen LogP contribution in [0.25, 0.3) is 11.1 Å². The minimum Gasteiger partial charge on any atom is -0.385 e. The van der Waals surface area contributed by atoms with E-state index in [4.69, 9.17) is 10.5 Å². The van der Waals surface area contributed by atoms with E-state index in [0.717, 1.165) is 49.7 Å². The van der Waals surface area contributed by atoms with Gasteiger partial charge in [0.15, 0.2) is 0 Å². The van der Waals surface area contributed by atoms with Crippen molar-refractivity contribution in [1.29, 1.82) is 0 Å². The first kappa shape index (κ1) is 29.3. The number of halogens is 1. The Balaban J connectivity index is 1.86. The molecule has 1 aliphatic rings. The number of rotatable bonds is 14. The number of methoxy groups -OCH3 is 1. The topological polar surface area (TPSA) is 75.8 Å². The van der Waals surface area contributed by atoms with Crippen LogP contribution in [0.15, 0.2) is 42.5 Å². The van der Waals surface area contributed by atoms with Gasteiger partial charge in [0, 0.05) is 38.8 Å². The molecule has 2 aromatic carbocycles. The van der Waals surface area contributed by atoms with Gasteiger partial charge in [0.05, 0.1) is 5.60 Å². The van der Waals surface area contributed by atoms with E-state index >= 15 is 4.39 Å². The summed E-state index contributed by atoms with van der Waals surface area (Å²) in [5.41, 5.74) is 7.46. The highest BCUT2D eigenvalue weighted by Gasteiger charge is 2.42. The Bertz CT molecular complexity index is 990. The summed E-state index contributed by atoms with van der Waals surface area (Å²) in [6.07, 6.45) is 7.71. The molecule has 0 aromatic heterocycles. The summed E-state index contributed by atoms with van der Waals surface area (Å²) in [5, 5.41) is 12.4. The van der Waals surface area contributed by atoms with Gasteiger partial charge in [0.1, 0.15) is 5.82 Å². The van der Waals surface area contributed by atoms with E-state index in [-0.39, 0.29) is 17.6 Å². The summed E-state index contributed by atoms with van der Waals surface area (Å²) >= 11 is 0. The second-order valence-corrected chi connectivity index (χ2v) is 10.3. The second kappa shape index (κ2) is 14.6. The predicted octanol–water partition coefficient (Wildman–Crippen LogP) is 5.82. The van der Waals surface area contributed by atoms with Crippen LogP contribution in [-0.4, -0.2) is 49.3 Å². The molecule has 1 heterocycles. The minimum atomic E-state index is -1.19. The summed E-state index contributed by atoms with van der Waals surface area (Å²) in [6.45, 7) is 4.61. The lowest BCUT2D eigenvalue weighted by Crippen LogP contribution is -2.45. The Labute approximate surface area is 222 Å². The standard InChI is InChI=1S/C31H45FN2O3/c1-3-24-11-9-12-25(23-24)30-27(13-10-14-28(30)32)31(36,18-6-8-22-37-2)26-16-20-34(21-17-26)29(35)15-5-4-7-19-33/h9-14,23,26,36H,3-8,15-22,33H2,1-2H3/t31-/m0/s1. The Morgan fingerprint density at radius 3 is 2.57 bits per heavy atom. The number of hydrogen-bond acceptors (Lipinski definition) is 4. The predicted molar refractivity (Wildman–Crippen MR) is 148 cm³/mol. The largest absolute Gasteiger partial charge is 0.385 e. The van der Waals surface area contributed by atoms with Crippen LogP contribution in [0.2, 0.25) is 0 Å². The lowest BCUT2D eigenvalue weighted by atomic mass is 9.71. The van der Waals surface area contributed by atoms with Crippen LogP contribution in [0.4, 0.5) is 4.39 Å². The van der Waals surface area contributed by atoms with Gasteiger partial charge in [-0.15, -0.1) is 0 Å². The van der Waals surface area contributed by atoms with Crippen LogP contribution in [0.3, 0.4) is 0 Å². The fourth-order valence-electron chi connectivity index (χ4n) is 5.69. The molecule has 37 heavy (non-hydrogen) atoms. The van der Waals surface area contributed by atoms with E-state index in [1.807, 2.05) is 35.2 Å². The van der Waals surface area contributed by atoms with Crippen LogP contribution in [-0.2, 0) is 21.6 Å². The van der Waals surface area contributed by atoms with Crippen molar-refractivity contribution in [1.82, 2.24) is 4.90 Å². The third kappa shape index (κ3) is 7.62. The number of likely N-dealkylation sites (tertiary alicyclic amines) is 1. The summed E-state index contributed by atoms with van der Waals surface area (Å²) in [6, 6.07) is 13.0. The van der Waals surface area contributed by atoms with E-state index in [9.17, 15) is 9.90 Å². The normalized spacial score (nSPS) is 16.1. The molecule has 0 unspecified atom stereocenters. The Hall–Kier alpha value is -2.28. The maximum absolute atomic E-state index is 15.5. The summed E-state index contributed by atoms with van der Waals surface area (Å²) in [7, 11) is 1.68. The molecule has 0 bridgehead atoms. The first-order valence-corrected chi connectivity index (χ1v) is 14.0. The highest BCUT2D eigenvalue weighted by Crippen LogP contribution is 2.45. The van der Waals surface area contributed by atoms with Crippen molar-refractivity contribution in [3.63, 3.8) is 0 Å². The Kier molecular flexibility index (Phi) is 11.6. The molecule has 0 radical (unpaired) electrons. The summed E-state index contributed by atoms with van der Waals surface area (Å²) in [5.74, 6) is -0.195. The molecule has 2 aromatic rings. The number of hydrogen-bond donors (Lipinski definition) is 2. The number of carbonyl (C=O) groups is 1. The SMILES string of the molecule is CCc1cccc(-c2c(F)cccc2[C@](O)(CCCCOC)C2CCN(C(=O)CCCCCN)CC2)c1. The number of benzene rings is 2. The van der Waals surface area contributed by atoms with Gasteiger partial charge in [0.2, 0.25) is 5.91 Å². The van der Waals surface area contributed by atoms with Crippen molar-refractivity contribution >= 4 is 5.91 Å². The van der Waals surface area contributed by atoms with Crippen molar-refractivity contribution in [2.75, 3.05) is 33.4 Å². The average Bonchev–Trinajstić information content (AvgIpc) is 2.93. The second-order valence-electron chi connectivity index (χ2n) is 10.3. The van der Waals surface area contributed by atoms with E-state index in [1.54, 1.807) is 13.2 Å². The number of aliphatic hydroxyl groups is 1. The van der Waals surface area contributed by atoms with Gasteiger partial charge >= 0.3 is 0 Å². The number of piperidine rings is 1. The van der Waals surface area contributed by atoms with E-state index in [2.05, 4.69) is 6.92 Å². The smallest absolute Gasteiger partial charge is 0.222 e. The molecule has 3 N–H and O–H groups in total. The molecular weight excluding hydrogens is 467 g/mol. The monoisotopic (exact) mass is 512 g/mol. The zero-order valence-corrected chi connectivity index (χ0v) is 22.7. The molecule has 1 fully saturated rings. The van der Waals surface area contributed by atoms with Gasteiger partial charge in [-0.25, -0.2) is 4.39 Å². The van der Waals surface area contributed by atoms with Crippen molar-refractivity contribution < 1.29 is 19.0 Å². The maximum atomic E-state index is 15.5. The van der Waals surface area contributed by atoms with Gasteiger partial charge < -0.3 is 20.5 Å². The zero-order valence-electron chi connectivity index (χ0n) is 22.7. The molecule has 1 saturated heterocycles. The highest BCUT2D eigenvalue weighted by molar-refractivity contribution is 5.76. The molecule has 0 aliphatic carbocycles. The van der Waals surface area contributed by atoms with E-state index < -0.39 is 5.60 Å². The Morgan fingerprint density at radius 1 is 1.11 bits per heavy atom. The van der Waals surface area contributed by atoms with Crippen molar-refractivity contribution in [3.8, 4) is 11.1 Å². The molecule has 0 spiro atoms. The number of carbonyl (C=O) groups excluding carboxylic acids is 1. The minimum absolute atomic E-state index is 0.0637. The van der Waals surface area contributed by atoms with Crippen molar-refractivity contribution in [2.24, 2.45) is 11.7 Å². The van der Waals surface area contributed by atoms with Crippen LogP contribution < -0.4 is 5.73 Å². The van der Waals surface area contributed by atoms with Gasteiger partial charge in [0.25, 0.3) is 0 Å². The van der Waals surface area contributed by atoms with Crippen molar-refractivity contribution in [2.45, 2.75) is 76.7 Å². The molecule has 5 nitrogen and oxygen atoms in total. The first-order chi connectivity index (χ1) is 17.9. The van der Waals surface area contributed by atoms with Crippen molar-refractivity contribution in [3.05, 3.63) is 59.4 Å². The molecule has 3 rings (SSSR count). The van der Waals surface area contributed by atoms with Gasteiger partial charge in [-0.05, 0) is 86.6 Å². The molecule has 6 heteroatoms. The van der Waals surface area contributed by atoms with Crippen LogP contribution in [0, 0.1) is 11.7 Å². The fourth-order valence-corrected chi connectivity index (χ4v) is 5.69. The lowest BCUT2D eigenvalue weighted by molar-refractivity contribution is -0.135. The maximum Gasteiger partial charge on any atom is 0.222 e. The fraction of sp³-hybridized carbons (Fsp3) is 0.581. The van der Waals surface area contributed by atoms with Crippen LogP contribution >= 0.6 is 0 Å². The average molecular weight is 513 g/mol. The van der Waals surface area contributed by atoms with Crippen LogP contribution in [0.1, 0.15) is 75.8 Å². The number of unbranched alkanes of at least 4 members (excludes halogenated alkanes) is 3. The number of nitrogens with zero attached hydrogens (tertiary/aromatic N) is 1. The molecule has 1 atom stereocenters. The summed E-state index contributed by atoms with van der Waals surface area (Å²) in [4.78, 5) is 14.7. The van der Waals surface area contributed by atoms with Crippen LogP contribution in [0.5, 0.6) is 0 Å². The van der Waals surface area contributed by atoms with Gasteiger partial charge in [-0.3, -0.25) is 4.79 Å². The van der Waals surface area contributed by atoms with Gasteiger partial charge in [-0.1, -0.05) is 49.7 Å². The third-order valence-corrected chi connectivity index (χ3v) is 7.88. The molecule has 204 valence electrons. The molecule has 0 saturated carbocycles. The lowest BCUT2D eigenvalue weighted by Gasteiger charge is -2.43. The quantitative estimate of drug-likeness (QED) is 0.313. The third-order valence-electron chi connectivity index (χ3n) is 7.88. The molecule has 1 aliphatic heterocycles. The number of aryl methyl sites for hydroxylation is 1. The summed E-state index contributed by atoms with van der Waals surface area (Å²) < 4.78 is 20.7. The zero-order chi connectivity index (χ0) is 26.7. The number of nitrogens with two attached hydrogens (primary N) is 1. The molecular formula is C31H45FN2O3. The first-order valence-electron chi connectivity index (χ1n) is 14.0. The molecule has 1 amide bonds.